The minimum absolute atomic E-state index is 0.340. The second-order valence-electron chi connectivity index (χ2n) is 5.13. The minimum atomic E-state index is 0.340. The number of aromatic nitrogens is 1. The van der Waals surface area contributed by atoms with Crippen LogP contribution in [0.25, 0.3) is 0 Å². The van der Waals surface area contributed by atoms with Gasteiger partial charge in [0.2, 0.25) is 0 Å². The molecule has 1 unspecified atom stereocenters. The normalized spacial score (nSPS) is 12.4. The molecular formula is C14H23N3S. The largest absolute Gasteiger partial charge is 0.388 e. The number of nitrogens with two attached hydrogens (primary N) is 1. The molecule has 0 aliphatic heterocycles. The van der Waals surface area contributed by atoms with Gasteiger partial charge in [0, 0.05) is 12.2 Å². The fourth-order valence-electron chi connectivity index (χ4n) is 1.89. The maximum Gasteiger partial charge on any atom is 0.124 e. The number of pyridine rings is 1. The summed E-state index contributed by atoms with van der Waals surface area (Å²) in [5.74, 6) is 0.766. The lowest BCUT2D eigenvalue weighted by molar-refractivity contribution is 0.520. The Labute approximate surface area is 115 Å². The monoisotopic (exact) mass is 265 g/mol. The van der Waals surface area contributed by atoms with E-state index in [0.717, 1.165) is 18.0 Å². The molecule has 0 radical (unpaired) electrons. The van der Waals surface area contributed by atoms with E-state index in [1.807, 2.05) is 12.1 Å². The number of rotatable bonds is 7. The number of hydrogen-bond donors (Lipinski definition) is 2. The van der Waals surface area contributed by atoms with E-state index in [1.165, 1.54) is 12.8 Å². The summed E-state index contributed by atoms with van der Waals surface area (Å²) >= 11 is 5.00. The summed E-state index contributed by atoms with van der Waals surface area (Å²) in [5, 5.41) is 3.44. The van der Waals surface area contributed by atoms with Crippen molar-refractivity contribution in [1.82, 2.24) is 4.98 Å². The Kier molecular flexibility index (Phi) is 6.05. The van der Waals surface area contributed by atoms with Crippen molar-refractivity contribution in [2.45, 2.75) is 46.1 Å². The Balaban J connectivity index is 2.53. The van der Waals surface area contributed by atoms with Crippen molar-refractivity contribution in [3.05, 3.63) is 24.0 Å². The highest BCUT2D eigenvalue weighted by Crippen LogP contribution is 2.16. The van der Waals surface area contributed by atoms with Crippen LogP contribution in [0.1, 0.15) is 45.7 Å². The van der Waals surface area contributed by atoms with E-state index in [2.05, 4.69) is 31.1 Å². The standard InChI is InChI=1S/C14H23N3S/c1-10(2)6-4-7-11(3)17-12-8-5-9-16-13(12)14(15)18/h5,8-11,17H,4,6-7H2,1-3H3,(H2,15,18). The molecule has 0 aliphatic rings. The van der Waals surface area contributed by atoms with E-state index in [1.54, 1.807) is 6.20 Å². The van der Waals surface area contributed by atoms with Gasteiger partial charge in [0.15, 0.2) is 0 Å². The molecule has 4 heteroatoms. The summed E-state index contributed by atoms with van der Waals surface area (Å²) in [6.45, 7) is 6.69. The maximum atomic E-state index is 5.66. The van der Waals surface area contributed by atoms with Gasteiger partial charge in [-0.05, 0) is 31.4 Å². The lowest BCUT2D eigenvalue weighted by atomic mass is 10.0. The summed E-state index contributed by atoms with van der Waals surface area (Å²) in [6, 6.07) is 4.27. The molecule has 0 aromatic carbocycles. The van der Waals surface area contributed by atoms with Crippen molar-refractivity contribution in [3.8, 4) is 0 Å². The van der Waals surface area contributed by atoms with Crippen LogP contribution >= 0.6 is 12.2 Å². The molecule has 0 saturated heterocycles. The molecule has 1 heterocycles. The van der Waals surface area contributed by atoms with Gasteiger partial charge >= 0.3 is 0 Å². The van der Waals surface area contributed by atoms with Gasteiger partial charge in [-0.25, -0.2) is 0 Å². The van der Waals surface area contributed by atoms with Crippen LogP contribution in [0.5, 0.6) is 0 Å². The van der Waals surface area contributed by atoms with Gasteiger partial charge in [-0.1, -0.05) is 38.9 Å². The number of hydrogen-bond acceptors (Lipinski definition) is 3. The molecule has 1 aromatic heterocycles. The molecule has 1 aromatic rings. The van der Waals surface area contributed by atoms with Gasteiger partial charge in [0.25, 0.3) is 0 Å². The number of anilines is 1. The van der Waals surface area contributed by atoms with Crippen LogP contribution in [0, 0.1) is 5.92 Å². The van der Waals surface area contributed by atoms with Crippen molar-refractivity contribution < 1.29 is 0 Å². The van der Waals surface area contributed by atoms with Gasteiger partial charge in [-0.3, -0.25) is 4.98 Å². The Morgan fingerprint density at radius 1 is 1.39 bits per heavy atom. The third-order valence-electron chi connectivity index (χ3n) is 2.86. The summed E-state index contributed by atoms with van der Waals surface area (Å²) in [7, 11) is 0. The molecule has 0 aliphatic carbocycles. The van der Waals surface area contributed by atoms with Crippen LogP contribution in [0.2, 0.25) is 0 Å². The molecule has 1 rings (SSSR count). The summed E-state index contributed by atoms with van der Waals surface area (Å²) in [4.78, 5) is 4.55. The van der Waals surface area contributed by atoms with Crippen molar-refractivity contribution in [1.29, 1.82) is 0 Å². The summed E-state index contributed by atoms with van der Waals surface area (Å²) < 4.78 is 0. The fraction of sp³-hybridized carbons (Fsp3) is 0.571. The second kappa shape index (κ2) is 7.31. The first-order valence-corrected chi connectivity index (χ1v) is 6.93. The Bertz CT molecular complexity index is 390. The Morgan fingerprint density at radius 3 is 2.72 bits per heavy atom. The first-order valence-electron chi connectivity index (χ1n) is 6.52. The van der Waals surface area contributed by atoms with E-state index < -0.39 is 0 Å². The predicted molar refractivity (Wildman–Crippen MR) is 81.9 cm³/mol. The zero-order valence-corrected chi connectivity index (χ0v) is 12.3. The van der Waals surface area contributed by atoms with E-state index in [9.17, 15) is 0 Å². The van der Waals surface area contributed by atoms with Crippen LogP contribution in [0.15, 0.2) is 18.3 Å². The van der Waals surface area contributed by atoms with Crippen LogP contribution in [-0.4, -0.2) is 16.0 Å². The minimum Gasteiger partial charge on any atom is -0.388 e. The zero-order valence-electron chi connectivity index (χ0n) is 11.4. The topological polar surface area (TPSA) is 50.9 Å². The maximum absolute atomic E-state index is 5.66. The fourth-order valence-corrected chi connectivity index (χ4v) is 2.05. The van der Waals surface area contributed by atoms with Crippen molar-refractivity contribution in [2.75, 3.05) is 5.32 Å². The third kappa shape index (κ3) is 5.00. The number of thiocarbonyl (C=S) groups is 1. The highest BCUT2D eigenvalue weighted by molar-refractivity contribution is 7.80. The molecule has 3 N–H and O–H groups in total. The van der Waals surface area contributed by atoms with Crippen LogP contribution in [-0.2, 0) is 0 Å². The van der Waals surface area contributed by atoms with Crippen molar-refractivity contribution in [2.24, 2.45) is 11.7 Å². The number of nitrogens with one attached hydrogen (secondary N) is 1. The lowest BCUT2D eigenvalue weighted by Crippen LogP contribution is -2.20. The van der Waals surface area contributed by atoms with Gasteiger partial charge in [0.05, 0.1) is 5.69 Å². The SMILES string of the molecule is CC(C)CCCC(C)Nc1cccnc1C(N)=S. The van der Waals surface area contributed by atoms with Crippen molar-refractivity contribution >= 4 is 22.9 Å². The number of nitrogens with zero attached hydrogens (tertiary/aromatic N) is 1. The van der Waals surface area contributed by atoms with E-state index in [4.69, 9.17) is 18.0 Å². The lowest BCUT2D eigenvalue weighted by Gasteiger charge is -2.17. The molecule has 3 nitrogen and oxygen atoms in total. The molecule has 100 valence electrons. The van der Waals surface area contributed by atoms with Gasteiger partial charge in [-0.2, -0.15) is 0 Å². The molecular weight excluding hydrogens is 242 g/mol. The smallest absolute Gasteiger partial charge is 0.124 e. The highest BCUT2D eigenvalue weighted by Gasteiger charge is 2.09. The summed E-state index contributed by atoms with van der Waals surface area (Å²) in [5.41, 5.74) is 7.28. The van der Waals surface area contributed by atoms with Crippen LogP contribution in [0.4, 0.5) is 5.69 Å². The zero-order chi connectivity index (χ0) is 13.5. The van der Waals surface area contributed by atoms with Crippen LogP contribution < -0.4 is 11.1 Å². The molecule has 18 heavy (non-hydrogen) atoms. The van der Waals surface area contributed by atoms with E-state index >= 15 is 0 Å². The Morgan fingerprint density at radius 2 is 2.11 bits per heavy atom. The van der Waals surface area contributed by atoms with Gasteiger partial charge in [0.1, 0.15) is 10.7 Å². The second-order valence-corrected chi connectivity index (χ2v) is 5.57. The van der Waals surface area contributed by atoms with E-state index in [-0.39, 0.29) is 0 Å². The molecule has 0 amide bonds. The Hall–Kier alpha value is -1.16. The molecule has 0 saturated carbocycles. The van der Waals surface area contributed by atoms with E-state index in [0.29, 0.717) is 16.7 Å². The first kappa shape index (κ1) is 14.9. The van der Waals surface area contributed by atoms with Gasteiger partial charge in [-0.15, -0.1) is 0 Å². The average molecular weight is 265 g/mol. The predicted octanol–water partition coefficient (Wildman–Crippen LogP) is 3.34. The quantitative estimate of drug-likeness (QED) is 0.742. The first-order chi connectivity index (χ1) is 8.50. The summed E-state index contributed by atoms with van der Waals surface area (Å²) in [6.07, 6.45) is 5.35. The third-order valence-corrected chi connectivity index (χ3v) is 3.05. The molecule has 0 bridgehead atoms. The average Bonchev–Trinajstić information content (AvgIpc) is 2.28. The van der Waals surface area contributed by atoms with Gasteiger partial charge < -0.3 is 11.1 Å². The molecule has 1 atom stereocenters. The van der Waals surface area contributed by atoms with Crippen molar-refractivity contribution in [3.63, 3.8) is 0 Å². The van der Waals surface area contributed by atoms with Crippen LogP contribution in [0.3, 0.4) is 0 Å². The molecule has 0 spiro atoms. The highest BCUT2D eigenvalue weighted by atomic mass is 32.1. The molecule has 0 fully saturated rings.